The molecule has 0 fully saturated rings. The van der Waals surface area contributed by atoms with Gasteiger partial charge in [0.2, 0.25) is 0 Å². The maximum Gasteiger partial charge on any atom is 0.0984 e. The quantitative estimate of drug-likeness (QED) is 0.692. The van der Waals surface area contributed by atoms with E-state index in [1.54, 1.807) is 0 Å². The highest BCUT2D eigenvalue weighted by molar-refractivity contribution is 5.01. The first-order valence-corrected chi connectivity index (χ1v) is 5.66. The molecule has 1 N–H and O–H groups in total. The van der Waals surface area contributed by atoms with Crippen LogP contribution in [0.2, 0.25) is 0 Å². The molecule has 2 unspecified atom stereocenters. The van der Waals surface area contributed by atoms with E-state index < -0.39 is 0 Å². The Morgan fingerprint density at radius 1 is 1.53 bits per heavy atom. The van der Waals surface area contributed by atoms with Crippen molar-refractivity contribution in [2.24, 2.45) is 5.92 Å². The van der Waals surface area contributed by atoms with Crippen molar-refractivity contribution in [3.8, 4) is 6.07 Å². The van der Waals surface area contributed by atoms with Crippen molar-refractivity contribution in [3.63, 3.8) is 0 Å². The van der Waals surface area contributed by atoms with Crippen molar-refractivity contribution in [1.82, 2.24) is 10.2 Å². The Kier molecular flexibility index (Phi) is 5.38. The minimum absolute atomic E-state index is 0.0231. The first-order valence-electron chi connectivity index (χ1n) is 5.66. The third-order valence-corrected chi connectivity index (χ3v) is 2.84. The van der Waals surface area contributed by atoms with E-state index in [0.29, 0.717) is 5.92 Å². The third-order valence-electron chi connectivity index (χ3n) is 2.84. The van der Waals surface area contributed by atoms with Crippen molar-refractivity contribution in [1.29, 1.82) is 5.26 Å². The van der Waals surface area contributed by atoms with Crippen molar-refractivity contribution < 1.29 is 0 Å². The molecule has 0 aliphatic heterocycles. The van der Waals surface area contributed by atoms with Gasteiger partial charge in [-0.2, -0.15) is 5.26 Å². The monoisotopic (exact) mass is 207 g/mol. The molecule has 2 atom stereocenters. The minimum atomic E-state index is 0.0231. The summed E-state index contributed by atoms with van der Waals surface area (Å²) in [4.78, 5) is 2.13. The summed E-state index contributed by atoms with van der Waals surface area (Å²) in [5.74, 6) is 0.502. The lowest BCUT2D eigenvalue weighted by Crippen LogP contribution is -2.39. The zero-order valence-corrected chi connectivity index (χ0v) is 9.74. The van der Waals surface area contributed by atoms with Gasteiger partial charge in [-0.3, -0.25) is 0 Å². The van der Waals surface area contributed by atoms with Gasteiger partial charge in [-0.15, -0.1) is 0 Å². The average molecular weight is 207 g/mol. The van der Waals surface area contributed by atoms with Crippen LogP contribution in [-0.4, -0.2) is 38.1 Å². The number of nitrogens with one attached hydrogen (secondary N) is 1. The summed E-state index contributed by atoms with van der Waals surface area (Å²) >= 11 is 0. The molecule has 0 heterocycles. The number of nitriles is 1. The molecule has 84 valence electrons. The molecular weight excluding hydrogens is 186 g/mol. The predicted molar refractivity (Wildman–Crippen MR) is 62.4 cm³/mol. The third kappa shape index (κ3) is 4.46. The Morgan fingerprint density at radius 3 is 2.87 bits per heavy atom. The number of allylic oxidation sites excluding steroid dienone is 2. The Bertz CT molecular complexity index is 240. The molecule has 15 heavy (non-hydrogen) atoms. The van der Waals surface area contributed by atoms with Crippen molar-refractivity contribution in [2.75, 3.05) is 27.2 Å². The summed E-state index contributed by atoms with van der Waals surface area (Å²) < 4.78 is 0. The fourth-order valence-electron chi connectivity index (χ4n) is 1.88. The maximum absolute atomic E-state index is 9.09. The predicted octanol–water partition coefficient (Wildman–Crippen LogP) is 1.39. The van der Waals surface area contributed by atoms with E-state index in [-0.39, 0.29) is 6.04 Å². The average Bonchev–Trinajstić information content (AvgIpc) is 2.25. The van der Waals surface area contributed by atoms with E-state index in [0.717, 1.165) is 32.4 Å². The highest BCUT2D eigenvalue weighted by Crippen LogP contribution is 2.21. The van der Waals surface area contributed by atoms with Gasteiger partial charge in [0.05, 0.1) is 12.1 Å². The van der Waals surface area contributed by atoms with Gasteiger partial charge in [0.15, 0.2) is 0 Å². The second kappa shape index (κ2) is 6.60. The molecule has 3 heteroatoms. The molecule has 0 amide bonds. The van der Waals surface area contributed by atoms with E-state index >= 15 is 0 Å². The molecule has 0 aromatic heterocycles. The van der Waals surface area contributed by atoms with Crippen molar-refractivity contribution in [2.45, 2.75) is 25.3 Å². The molecule has 1 aliphatic rings. The molecule has 0 bridgehead atoms. The van der Waals surface area contributed by atoms with E-state index in [9.17, 15) is 0 Å². The Morgan fingerprint density at radius 2 is 2.33 bits per heavy atom. The van der Waals surface area contributed by atoms with Crippen LogP contribution in [0.1, 0.15) is 19.3 Å². The fraction of sp³-hybridized carbons (Fsp3) is 0.750. The second-order valence-corrected chi connectivity index (χ2v) is 4.41. The zero-order valence-electron chi connectivity index (χ0n) is 9.74. The Hall–Kier alpha value is -0.850. The molecule has 3 nitrogen and oxygen atoms in total. The van der Waals surface area contributed by atoms with Crippen LogP contribution in [0.3, 0.4) is 0 Å². The van der Waals surface area contributed by atoms with Gasteiger partial charge in [-0.1, -0.05) is 12.2 Å². The van der Waals surface area contributed by atoms with E-state index in [1.165, 1.54) is 0 Å². The topological polar surface area (TPSA) is 39.1 Å². The van der Waals surface area contributed by atoms with Crippen LogP contribution >= 0.6 is 0 Å². The summed E-state index contributed by atoms with van der Waals surface area (Å²) in [6, 6.07) is 2.41. The summed E-state index contributed by atoms with van der Waals surface area (Å²) in [6.07, 6.45) is 7.73. The lowest BCUT2D eigenvalue weighted by molar-refractivity contribution is 0.348. The molecule has 0 aromatic rings. The highest BCUT2D eigenvalue weighted by Gasteiger charge is 2.20. The molecule has 0 aromatic carbocycles. The second-order valence-electron chi connectivity index (χ2n) is 4.41. The normalized spacial score (nSPS) is 22.7. The highest BCUT2D eigenvalue weighted by atomic mass is 15.1. The van der Waals surface area contributed by atoms with Crippen LogP contribution in [0, 0.1) is 17.2 Å². The summed E-state index contributed by atoms with van der Waals surface area (Å²) in [5.41, 5.74) is 0. The molecule has 1 aliphatic carbocycles. The number of hydrogen-bond donors (Lipinski definition) is 1. The van der Waals surface area contributed by atoms with Crippen LogP contribution in [-0.2, 0) is 0 Å². The van der Waals surface area contributed by atoms with Crippen LogP contribution in [0.4, 0.5) is 0 Å². The van der Waals surface area contributed by atoms with Gasteiger partial charge >= 0.3 is 0 Å². The van der Waals surface area contributed by atoms with Crippen LogP contribution in [0.5, 0.6) is 0 Å². The largest absolute Gasteiger partial charge is 0.308 e. The number of likely N-dealkylation sites (N-methyl/N-ethyl adjacent to an activating group) is 1. The first-order chi connectivity index (χ1) is 7.24. The molecule has 0 spiro atoms. The van der Waals surface area contributed by atoms with Gasteiger partial charge in [0.1, 0.15) is 0 Å². The fourth-order valence-corrected chi connectivity index (χ4v) is 1.88. The van der Waals surface area contributed by atoms with Gasteiger partial charge in [0, 0.05) is 13.1 Å². The van der Waals surface area contributed by atoms with Gasteiger partial charge < -0.3 is 10.2 Å². The molecular formula is C12H21N3. The standard InChI is InChI=1S/C12H21N3/c1-15(2)9-8-14-12(10-13)11-6-4-3-5-7-11/h3-4,11-12,14H,5-9H2,1-2H3. The molecule has 0 saturated carbocycles. The molecule has 1 rings (SSSR count). The maximum atomic E-state index is 9.09. The van der Waals surface area contributed by atoms with Crippen molar-refractivity contribution in [3.05, 3.63) is 12.2 Å². The lowest BCUT2D eigenvalue weighted by atomic mass is 9.88. The SMILES string of the molecule is CN(C)CCNC(C#N)C1CC=CCC1. The van der Waals surface area contributed by atoms with E-state index in [1.807, 2.05) is 14.1 Å². The van der Waals surface area contributed by atoms with E-state index in [4.69, 9.17) is 5.26 Å². The summed E-state index contributed by atoms with van der Waals surface area (Å²) in [5, 5.41) is 12.4. The van der Waals surface area contributed by atoms with Gasteiger partial charge in [-0.05, 0) is 39.3 Å². The Balaban J connectivity index is 2.29. The smallest absolute Gasteiger partial charge is 0.0984 e. The summed E-state index contributed by atoms with van der Waals surface area (Å²) in [7, 11) is 4.10. The van der Waals surface area contributed by atoms with Crippen LogP contribution < -0.4 is 5.32 Å². The van der Waals surface area contributed by atoms with E-state index in [2.05, 4.69) is 28.4 Å². The minimum Gasteiger partial charge on any atom is -0.308 e. The van der Waals surface area contributed by atoms with Crippen LogP contribution in [0.15, 0.2) is 12.2 Å². The number of rotatable bonds is 5. The van der Waals surface area contributed by atoms with Gasteiger partial charge in [-0.25, -0.2) is 0 Å². The molecule has 0 radical (unpaired) electrons. The van der Waals surface area contributed by atoms with Crippen LogP contribution in [0.25, 0.3) is 0 Å². The number of nitrogens with zero attached hydrogens (tertiary/aromatic N) is 2. The Labute approximate surface area is 92.8 Å². The summed E-state index contributed by atoms with van der Waals surface area (Å²) in [6.45, 7) is 1.88. The molecule has 0 saturated heterocycles. The first kappa shape index (κ1) is 12.2. The van der Waals surface area contributed by atoms with Crippen molar-refractivity contribution >= 4 is 0 Å². The zero-order chi connectivity index (χ0) is 11.1. The van der Waals surface area contributed by atoms with Gasteiger partial charge in [0.25, 0.3) is 0 Å². The lowest BCUT2D eigenvalue weighted by Gasteiger charge is -2.24. The number of hydrogen-bond acceptors (Lipinski definition) is 3.